The van der Waals surface area contributed by atoms with E-state index in [-0.39, 0.29) is 12.0 Å². The summed E-state index contributed by atoms with van der Waals surface area (Å²) in [5, 5.41) is 6.64. The van der Waals surface area contributed by atoms with Gasteiger partial charge in [0, 0.05) is 17.4 Å². The number of rotatable bonds is 12. The molecule has 6 nitrogen and oxygen atoms in total. The number of amides is 2. The summed E-state index contributed by atoms with van der Waals surface area (Å²) >= 11 is 2.00. The van der Waals surface area contributed by atoms with Gasteiger partial charge in [-0.2, -0.15) is 11.8 Å². The Labute approximate surface area is 155 Å². The standard InChI is InChI=1S/C18H33N3O3S/c1-21(12-8-4-6-10-16(22)24-2)11-7-3-5-9-15-17-14(13-25-15)19-18(23)20-17/h14-15,17H,3-13H2,1-2H3,(H2,19,20,23)/t14-,15-,17-/m0/s1. The van der Waals surface area contributed by atoms with Crippen LogP contribution in [0.3, 0.4) is 0 Å². The van der Waals surface area contributed by atoms with Gasteiger partial charge in [0.05, 0.1) is 19.2 Å². The van der Waals surface area contributed by atoms with Crippen LogP contribution in [0.5, 0.6) is 0 Å². The number of nitrogens with zero attached hydrogens (tertiary/aromatic N) is 1. The molecule has 2 saturated heterocycles. The lowest BCUT2D eigenvalue weighted by Gasteiger charge is -2.18. The molecular weight excluding hydrogens is 338 g/mol. The molecule has 7 heteroatoms. The molecule has 0 bridgehead atoms. The molecule has 25 heavy (non-hydrogen) atoms. The SMILES string of the molecule is COC(=O)CCCCCN(C)CCCCC[C@@H]1SC[C@@H]2NC(=O)N[C@@H]21. The Kier molecular flexibility index (Phi) is 8.89. The van der Waals surface area contributed by atoms with E-state index >= 15 is 0 Å². The number of hydrogen-bond acceptors (Lipinski definition) is 5. The number of fused-ring (bicyclic) bond motifs is 1. The van der Waals surface area contributed by atoms with Gasteiger partial charge in [0.25, 0.3) is 0 Å². The van der Waals surface area contributed by atoms with Crippen LogP contribution in [0.25, 0.3) is 0 Å². The summed E-state index contributed by atoms with van der Waals surface area (Å²) in [6, 6.07) is 0.687. The molecule has 0 aromatic rings. The molecule has 0 aromatic heterocycles. The second-order valence-corrected chi connectivity index (χ2v) is 8.43. The Morgan fingerprint density at radius 2 is 1.88 bits per heavy atom. The van der Waals surface area contributed by atoms with E-state index in [1.807, 2.05) is 11.8 Å². The van der Waals surface area contributed by atoms with E-state index in [0.29, 0.717) is 23.8 Å². The van der Waals surface area contributed by atoms with Crippen molar-refractivity contribution in [3.63, 3.8) is 0 Å². The zero-order valence-electron chi connectivity index (χ0n) is 15.6. The minimum absolute atomic E-state index is 0.00788. The van der Waals surface area contributed by atoms with Gasteiger partial charge in [-0.1, -0.05) is 19.3 Å². The Morgan fingerprint density at radius 3 is 2.60 bits per heavy atom. The quantitative estimate of drug-likeness (QED) is 0.313. The van der Waals surface area contributed by atoms with Gasteiger partial charge < -0.3 is 20.3 Å². The van der Waals surface area contributed by atoms with Gasteiger partial charge in [-0.05, 0) is 45.8 Å². The predicted octanol–water partition coefficient (Wildman–Crippen LogP) is 2.38. The van der Waals surface area contributed by atoms with E-state index in [9.17, 15) is 9.59 Å². The van der Waals surface area contributed by atoms with Gasteiger partial charge >= 0.3 is 12.0 Å². The highest BCUT2D eigenvalue weighted by molar-refractivity contribution is 8.00. The second kappa shape index (κ2) is 10.9. The average Bonchev–Trinajstić information content (AvgIpc) is 3.13. The number of hydrogen-bond donors (Lipinski definition) is 2. The Morgan fingerprint density at radius 1 is 1.16 bits per heavy atom. The van der Waals surface area contributed by atoms with Gasteiger partial charge in [-0.3, -0.25) is 4.79 Å². The summed E-state index contributed by atoms with van der Waals surface area (Å²) in [7, 11) is 3.62. The molecule has 0 unspecified atom stereocenters. The van der Waals surface area contributed by atoms with Crippen LogP contribution < -0.4 is 10.6 Å². The van der Waals surface area contributed by atoms with Crippen molar-refractivity contribution in [1.29, 1.82) is 0 Å². The number of carbonyl (C=O) groups excluding carboxylic acids is 2. The van der Waals surface area contributed by atoms with Crippen LogP contribution in [0.15, 0.2) is 0 Å². The van der Waals surface area contributed by atoms with Crippen LogP contribution in [-0.4, -0.2) is 67.2 Å². The van der Waals surface area contributed by atoms with Crippen LogP contribution in [-0.2, 0) is 9.53 Å². The number of unbranched alkanes of at least 4 members (excludes halogenated alkanes) is 4. The zero-order valence-corrected chi connectivity index (χ0v) is 16.4. The molecule has 2 N–H and O–H groups in total. The second-order valence-electron chi connectivity index (χ2n) is 7.16. The van der Waals surface area contributed by atoms with Crippen molar-refractivity contribution in [1.82, 2.24) is 15.5 Å². The molecule has 2 heterocycles. The molecule has 0 spiro atoms. The number of urea groups is 1. The summed E-state index contributed by atoms with van der Waals surface area (Å²) in [6.07, 6.45) is 8.61. The third-order valence-electron chi connectivity index (χ3n) is 5.12. The van der Waals surface area contributed by atoms with Crippen LogP contribution in [0.2, 0.25) is 0 Å². The molecule has 2 rings (SSSR count). The topological polar surface area (TPSA) is 70.7 Å². The van der Waals surface area contributed by atoms with Gasteiger partial charge in [0.15, 0.2) is 0 Å². The molecule has 0 saturated carbocycles. The maximum absolute atomic E-state index is 11.4. The maximum atomic E-state index is 11.4. The third-order valence-corrected chi connectivity index (χ3v) is 6.62. The predicted molar refractivity (Wildman–Crippen MR) is 102 cm³/mol. The van der Waals surface area contributed by atoms with Crippen molar-refractivity contribution in [3.05, 3.63) is 0 Å². The summed E-state index contributed by atoms with van der Waals surface area (Å²) < 4.78 is 4.64. The minimum Gasteiger partial charge on any atom is -0.469 e. The molecule has 2 amide bonds. The number of esters is 1. The monoisotopic (exact) mass is 371 g/mol. The Hall–Kier alpha value is -0.950. The van der Waals surface area contributed by atoms with Gasteiger partial charge in [-0.25, -0.2) is 4.79 Å². The first kappa shape index (κ1) is 20.4. The summed E-state index contributed by atoms with van der Waals surface area (Å²) in [6.45, 7) is 2.24. The summed E-state index contributed by atoms with van der Waals surface area (Å²) in [5.41, 5.74) is 0. The molecule has 2 aliphatic rings. The van der Waals surface area contributed by atoms with E-state index in [0.717, 1.165) is 38.1 Å². The number of carbonyl (C=O) groups is 2. The minimum atomic E-state index is -0.104. The average molecular weight is 372 g/mol. The first-order valence-corrected chi connectivity index (χ1v) is 10.6. The van der Waals surface area contributed by atoms with E-state index in [2.05, 4.69) is 27.3 Å². The third kappa shape index (κ3) is 7.05. The fraction of sp³-hybridized carbons (Fsp3) is 0.889. The number of thioether (sulfide) groups is 1. The Bertz CT molecular complexity index is 436. The van der Waals surface area contributed by atoms with Crippen LogP contribution in [0.4, 0.5) is 4.79 Å². The number of nitrogens with one attached hydrogen (secondary N) is 2. The van der Waals surface area contributed by atoms with E-state index in [4.69, 9.17) is 0 Å². The smallest absolute Gasteiger partial charge is 0.315 e. The largest absolute Gasteiger partial charge is 0.469 e. The van der Waals surface area contributed by atoms with E-state index in [1.165, 1.54) is 32.8 Å². The molecule has 0 aromatic carbocycles. The lowest BCUT2D eigenvalue weighted by Crippen LogP contribution is -2.36. The fourth-order valence-electron chi connectivity index (χ4n) is 3.59. The Balaban J connectivity index is 1.42. The molecule has 0 radical (unpaired) electrons. The van der Waals surface area contributed by atoms with Crippen molar-refractivity contribution in [2.45, 2.75) is 68.7 Å². The number of methoxy groups -OCH3 is 1. The molecule has 0 aliphatic carbocycles. The summed E-state index contributed by atoms with van der Waals surface area (Å²) in [4.78, 5) is 24.8. The highest BCUT2D eigenvalue weighted by Crippen LogP contribution is 2.33. The highest BCUT2D eigenvalue weighted by atomic mass is 32.2. The van der Waals surface area contributed by atoms with Gasteiger partial charge in [0.1, 0.15) is 0 Å². The maximum Gasteiger partial charge on any atom is 0.315 e. The highest BCUT2D eigenvalue weighted by Gasteiger charge is 2.42. The van der Waals surface area contributed by atoms with Gasteiger partial charge in [0.2, 0.25) is 0 Å². The molecule has 2 fully saturated rings. The normalized spacial score (nSPS) is 24.9. The molecule has 2 aliphatic heterocycles. The van der Waals surface area contributed by atoms with Crippen LogP contribution in [0, 0.1) is 0 Å². The van der Waals surface area contributed by atoms with Crippen molar-refractivity contribution in [3.8, 4) is 0 Å². The van der Waals surface area contributed by atoms with E-state index < -0.39 is 0 Å². The zero-order chi connectivity index (χ0) is 18.1. The first-order valence-electron chi connectivity index (χ1n) is 9.54. The molecule has 3 atom stereocenters. The summed E-state index contributed by atoms with van der Waals surface area (Å²) in [5.74, 6) is 0.945. The van der Waals surface area contributed by atoms with Crippen molar-refractivity contribution in [2.75, 3.05) is 33.0 Å². The lowest BCUT2D eigenvalue weighted by molar-refractivity contribution is -0.140. The lowest BCUT2D eigenvalue weighted by atomic mass is 10.0. The van der Waals surface area contributed by atoms with Gasteiger partial charge in [-0.15, -0.1) is 0 Å². The van der Waals surface area contributed by atoms with Crippen molar-refractivity contribution in [2.24, 2.45) is 0 Å². The van der Waals surface area contributed by atoms with E-state index in [1.54, 1.807) is 0 Å². The van der Waals surface area contributed by atoms with Crippen molar-refractivity contribution >= 4 is 23.8 Å². The fourth-order valence-corrected chi connectivity index (χ4v) is 5.13. The van der Waals surface area contributed by atoms with Crippen LogP contribution in [0.1, 0.15) is 51.4 Å². The van der Waals surface area contributed by atoms with Crippen molar-refractivity contribution < 1.29 is 14.3 Å². The van der Waals surface area contributed by atoms with Crippen LogP contribution >= 0.6 is 11.8 Å². The first-order chi connectivity index (χ1) is 12.1. The number of ether oxygens (including phenoxy) is 1. The molecular formula is C18H33N3O3S. The molecule has 144 valence electrons.